The highest BCUT2D eigenvalue weighted by Gasteiger charge is 2.20. The minimum Gasteiger partial charge on any atom is -0.482 e. The van der Waals surface area contributed by atoms with Crippen LogP contribution in [0.1, 0.15) is 31.6 Å². The van der Waals surface area contributed by atoms with E-state index in [4.69, 9.17) is 9.84 Å². The summed E-state index contributed by atoms with van der Waals surface area (Å²) in [5, 5.41) is 9.08. The molecular weight excluding hydrogens is 227 g/mol. The Bertz CT molecular complexity index is 364. The fourth-order valence-corrected chi connectivity index (χ4v) is 1.35. The average molecular weight is 244 g/mol. The van der Waals surface area contributed by atoms with Crippen molar-refractivity contribution >= 4 is 12.6 Å². The number of halogens is 1. The standard InChI is InChI=1S/C12H17FO2S/c1-8(16)9-4-5-10(13)11(6-9)15-12(2,3)7-14/h4-6,8,14,16H,7H2,1-3H3. The minimum absolute atomic E-state index is 0.0141. The molecule has 1 rings (SSSR count). The maximum Gasteiger partial charge on any atom is 0.165 e. The second-order valence-electron chi connectivity index (χ2n) is 4.39. The highest BCUT2D eigenvalue weighted by Crippen LogP contribution is 2.28. The highest BCUT2D eigenvalue weighted by molar-refractivity contribution is 7.80. The quantitative estimate of drug-likeness (QED) is 0.797. The Balaban J connectivity index is 2.99. The number of hydrogen-bond acceptors (Lipinski definition) is 3. The Morgan fingerprint density at radius 3 is 2.62 bits per heavy atom. The molecule has 0 aliphatic rings. The van der Waals surface area contributed by atoms with Gasteiger partial charge in [-0.15, -0.1) is 0 Å². The van der Waals surface area contributed by atoms with Crippen molar-refractivity contribution in [3.05, 3.63) is 29.6 Å². The van der Waals surface area contributed by atoms with Crippen LogP contribution in [0.5, 0.6) is 5.75 Å². The van der Waals surface area contributed by atoms with Crippen molar-refractivity contribution in [2.75, 3.05) is 6.61 Å². The molecule has 1 N–H and O–H groups in total. The van der Waals surface area contributed by atoms with E-state index in [1.165, 1.54) is 6.07 Å². The van der Waals surface area contributed by atoms with E-state index in [0.29, 0.717) is 0 Å². The van der Waals surface area contributed by atoms with Gasteiger partial charge in [0, 0.05) is 5.25 Å². The second-order valence-corrected chi connectivity index (χ2v) is 5.16. The first-order valence-corrected chi connectivity index (χ1v) is 5.65. The summed E-state index contributed by atoms with van der Waals surface area (Å²) < 4.78 is 18.9. The van der Waals surface area contributed by atoms with Crippen LogP contribution < -0.4 is 4.74 Å². The van der Waals surface area contributed by atoms with Gasteiger partial charge in [-0.1, -0.05) is 6.07 Å². The first-order valence-electron chi connectivity index (χ1n) is 5.13. The van der Waals surface area contributed by atoms with Crippen LogP contribution in [0.2, 0.25) is 0 Å². The van der Waals surface area contributed by atoms with E-state index < -0.39 is 11.4 Å². The number of hydrogen-bond donors (Lipinski definition) is 2. The number of rotatable bonds is 4. The van der Waals surface area contributed by atoms with E-state index in [0.717, 1.165) is 5.56 Å². The molecule has 0 bridgehead atoms. The molecule has 0 aliphatic heterocycles. The highest BCUT2D eigenvalue weighted by atomic mass is 32.1. The number of benzene rings is 1. The molecule has 1 aromatic carbocycles. The molecule has 0 heterocycles. The summed E-state index contributed by atoms with van der Waals surface area (Å²) in [5.74, 6) is -0.281. The van der Waals surface area contributed by atoms with Gasteiger partial charge in [0.15, 0.2) is 11.6 Å². The van der Waals surface area contributed by atoms with Gasteiger partial charge in [-0.2, -0.15) is 12.6 Å². The Hall–Kier alpha value is -0.740. The largest absolute Gasteiger partial charge is 0.482 e. The van der Waals surface area contributed by atoms with Crippen LogP contribution >= 0.6 is 12.6 Å². The molecule has 0 amide bonds. The van der Waals surface area contributed by atoms with Crippen molar-refractivity contribution in [2.45, 2.75) is 31.6 Å². The SMILES string of the molecule is CC(S)c1ccc(F)c(OC(C)(C)CO)c1. The molecule has 1 unspecified atom stereocenters. The Kier molecular flexibility index (Phi) is 4.21. The Morgan fingerprint density at radius 2 is 2.12 bits per heavy atom. The lowest BCUT2D eigenvalue weighted by Crippen LogP contribution is -2.32. The zero-order chi connectivity index (χ0) is 12.3. The lowest BCUT2D eigenvalue weighted by Gasteiger charge is -2.24. The van der Waals surface area contributed by atoms with Gasteiger partial charge >= 0.3 is 0 Å². The summed E-state index contributed by atoms with van der Waals surface area (Å²) in [6.45, 7) is 5.12. The molecule has 1 aromatic rings. The lowest BCUT2D eigenvalue weighted by atomic mass is 10.1. The second kappa shape index (κ2) is 5.06. The van der Waals surface area contributed by atoms with Gasteiger partial charge in [-0.25, -0.2) is 4.39 Å². The van der Waals surface area contributed by atoms with Gasteiger partial charge in [0.25, 0.3) is 0 Å². The van der Waals surface area contributed by atoms with Crippen LogP contribution in [0.3, 0.4) is 0 Å². The van der Waals surface area contributed by atoms with Gasteiger partial charge in [0.05, 0.1) is 6.61 Å². The van der Waals surface area contributed by atoms with Crippen molar-refractivity contribution in [1.82, 2.24) is 0 Å². The third kappa shape index (κ3) is 3.39. The molecule has 0 fully saturated rings. The smallest absolute Gasteiger partial charge is 0.165 e. The molecule has 0 aromatic heterocycles. The molecule has 2 nitrogen and oxygen atoms in total. The van der Waals surface area contributed by atoms with Crippen LogP contribution in [0.25, 0.3) is 0 Å². The van der Waals surface area contributed by atoms with Crippen LogP contribution in [-0.4, -0.2) is 17.3 Å². The van der Waals surface area contributed by atoms with E-state index >= 15 is 0 Å². The van der Waals surface area contributed by atoms with Crippen molar-refractivity contribution < 1.29 is 14.2 Å². The van der Waals surface area contributed by atoms with Crippen LogP contribution in [0.15, 0.2) is 18.2 Å². The molecule has 0 radical (unpaired) electrons. The summed E-state index contributed by atoms with van der Waals surface area (Å²) in [7, 11) is 0. The fourth-order valence-electron chi connectivity index (χ4n) is 1.19. The Morgan fingerprint density at radius 1 is 1.50 bits per heavy atom. The zero-order valence-electron chi connectivity index (χ0n) is 9.70. The molecule has 0 saturated carbocycles. The van der Waals surface area contributed by atoms with Gasteiger partial charge in [0.2, 0.25) is 0 Å². The van der Waals surface area contributed by atoms with Gasteiger partial charge in [-0.05, 0) is 38.5 Å². The van der Waals surface area contributed by atoms with Crippen molar-refractivity contribution in [2.24, 2.45) is 0 Å². The van der Waals surface area contributed by atoms with E-state index in [1.54, 1.807) is 26.0 Å². The minimum atomic E-state index is -0.792. The predicted molar refractivity (Wildman–Crippen MR) is 65.6 cm³/mol. The first-order chi connectivity index (χ1) is 7.35. The molecule has 4 heteroatoms. The monoisotopic (exact) mass is 244 g/mol. The molecular formula is C12H17FO2S. The number of ether oxygens (including phenoxy) is 1. The lowest BCUT2D eigenvalue weighted by molar-refractivity contribution is 0.0379. The zero-order valence-corrected chi connectivity index (χ0v) is 10.6. The first kappa shape index (κ1) is 13.3. The van der Waals surface area contributed by atoms with Crippen LogP contribution in [0.4, 0.5) is 4.39 Å². The van der Waals surface area contributed by atoms with Crippen molar-refractivity contribution in [3.8, 4) is 5.75 Å². The molecule has 0 aliphatic carbocycles. The molecule has 16 heavy (non-hydrogen) atoms. The van der Waals surface area contributed by atoms with Crippen LogP contribution in [-0.2, 0) is 0 Å². The number of thiol groups is 1. The summed E-state index contributed by atoms with van der Waals surface area (Å²) in [4.78, 5) is 0. The number of aliphatic hydroxyl groups is 1. The van der Waals surface area contributed by atoms with E-state index in [2.05, 4.69) is 12.6 Å². The van der Waals surface area contributed by atoms with Gasteiger partial charge in [-0.3, -0.25) is 0 Å². The maximum atomic E-state index is 13.5. The van der Waals surface area contributed by atoms with Crippen molar-refractivity contribution in [3.63, 3.8) is 0 Å². The third-order valence-electron chi connectivity index (χ3n) is 2.20. The molecule has 90 valence electrons. The van der Waals surface area contributed by atoms with Gasteiger partial charge in [0.1, 0.15) is 5.60 Å². The summed E-state index contributed by atoms with van der Waals surface area (Å²) >= 11 is 4.28. The fraction of sp³-hybridized carbons (Fsp3) is 0.500. The maximum absolute atomic E-state index is 13.5. The van der Waals surface area contributed by atoms with Crippen LogP contribution in [0, 0.1) is 5.82 Å². The summed E-state index contributed by atoms with van der Waals surface area (Å²) in [6, 6.07) is 4.64. The summed E-state index contributed by atoms with van der Waals surface area (Å²) in [5.41, 5.74) is 0.0905. The number of aliphatic hydroxyl groups excluding tert-OH is 1. The van der Waals surface area contributed by atoms with E-state index in [-0.39, 0.29) is 17.6 Å². The summed E-state index contributed by atoms with van der Waals surface area (Å²) in [6.07, 6.45) is 0. The topological polar surface area (TPSA) is 29.5 Å². The van der Waals surface area contributed by atoms with E-state index in [1.807, 2.05) is 6.92 Å². The predicted octanol–water partition coefficient (Wildman–Crippen LogP) is 2.97. The average Bonchev–Trinajstić information content (AvgIpc) is 2.21. The Labute approximate surface area is 101 Å². The van der Waals surface area contributed by atoms with E-state index in [9.17, 15) is 4.39 Å². The third-order valence-corrected chi connectivity index (χ3v) is 2.50. The molecule has 0 saturated heterocycles. The van der Waals surface area contributed by atoms with Crippen molar-refractivity contribution in [1.29, 1.82) is 0 Å². The normalized spacial score (nSPS) is 13.6. The van der Waals surface area contributed by atoms with Gasteiger partial charge < -0.3 is 9.84 Å². The molecule has 0 spiro atoms. The molecule has 1 atom stereocenters.